The second kappa shape index (κ2) is 5.62. The van der Waals surface area contributed by atoms with Gasteiger partial charge in [-0.05, 0) is 36.6 Å². The summed E-state index contributed by atoms with van der Waals surface area (Å²) in [6.45, 7) is 6.68. The highest BCUT2D eigenvalue weighted by molar-refractivity contribution is 6.30. The fourth-order valence-electron chi connectivity index (χ4n) is 3.59. The summed E-state index contributed by atoms with van der Waals surface area (Å²) in [5.41, 5.74) is 1.84. The van der Waals surface area contributed by atoms with Crippen LogP contribution >= 0.6 is 11.6 Å². The smallest absolute Gasteiger partial charge is 0.145 e. The molecule has 1 aromatic carbocycles. The molecule has 0 spiro atoms. The van der Waals surface area contributed by atoms with E-state index in [1.165, 1.54) is 0 Å². The van der Waals surface area contributed by atoms with Crippen LogP contribution in [0.1, 0.15) is 31.4 Å². The van der Waals surface area contributed by atoms with E-state index in [0.29, 0.717) is 29.8 Å². The van der Waals surface area contributed by atoms with Crippen molar-refractivity contribution >= 4 is 17.4 Å². The number of fused-ring (bicyclic) bond motifs is 1. The third-order valence-corrected chi connectivity index (χ3v) is 5.24. The van der Waals surface area contributed by atoms with Gasteiger partial charge in [0, 0.05) is 35.4 Å². The van der Waals surface area contributed by atoms with Crippen LogP contribution in [-0.2, 0) is 17.6 Å². The monoisotopic (exact) mass is 307 g/mol. The fraction of sp³-hybridized carbons (Fsp3) is 0.588. The maximum absolute atomic E-state index is 13.0. The van der Waals surface area contributed by atoms with Gasteiger partial charge in [-0.15, -0.1) is 0 Å². The minimum absolute atomic E-state index is 0.242. The van der Waals surface area contributed by atoms with Crippen molar-refractivity contribution in [3.63, 3.8) is 0 Å². The van der Waals surface area contributed by atoms with E-state index in [1.807, 2.05) is 12.1 Å². The lowest BCUT2D eigenvalue weighted by atomic mass is 9.71. The van der Waals surface area contributed by atoms with Crippen LogP contribution in [0, 0.1) is 11.3 Å². The molecular formula is C17H22ClNO2. The Bertz CT molecular complexity index is 562. The van der Waals surface area contributed by atoms with E-state index in [-0.39, 0.29) is 5.41 Å². The van der Waals surface area contributed by atoms with E-state index >= 15 is 0 Å². The number of Topliss-reactive ketones (excluding diaryl/α,β-unsaturated/α-hetero) is 1. The SMILES string of the molecule is CC(C)C1(C(=O)Cc2cc(Cl)cc3c2OCC3)CCNC1. The first kappa shape index (κ1) is 14.9. The molecule has 2 heterocycles. The number of halogens is 1. The molecule has 0 bridgehead atoms. The zero-order chi connectivity index (χ0) is 15.0. The van der Waals surface area contributed by atoms with E-state index in [4.69, 9.17) is 16.3 Å². The summed E-state index contributed by atoms with van der Waals surface area (Å²) in [6.07, 6.45) is 2.23. The molecule has 0 radical (unpaired) electrons. The maximum atomic E-state index is 13.0. The molecule has 0 saturated carbocycles. The topological polar surface area (TPSA) is 38.3 Å². The first-order valence-corrected chi connectivity index (χ1v) is 8.09. The number of carbonyl (C=O) groups is 1. The van der Waals surface area contributed by atoms with Crippen molar-refractivity contribution in [3.8, 4) is 5.75 Å². The van der Waals surface area contributed by atoms with Gasteiger partial charge >= 0.3 is 0 Å². The second-order valence-corrected chi connectivity index (χ2v) is 6.93. The van der Waals surface area contributed by atoms with Gasteiger partial charge in [0.15, 0.2) is 0 Å². The molecule has 3 rings (SSSR count). The average molecular weight is 308 g/mol. The zero-order valence-corrected chi connectivity index (χ0v) is 13.4. The highest BCUT2D eigenvalue weighted by Gasteiger charge is 2.43. The Hall–Kier alpha value is -1.06. The Kier molecular flexibility index (Phi) is 3.98. The van der Waals surface area contributed by atoms with Crippen LogP contribution in [0.4, 0.5) is 0 Å². The van der Waals surface area contributed by atoms with E-state index in [2.05, 4.69) is 19.2 Å². The number of nitrogens with one attached hydrogen (secondary N) is 1. The van der Waals surface area contributed by atoms with Crippen molar-refractivity contribution in [1.29, 1.82) is 0 Å². The second-order valence-electron chi connectivity index (χ2n) is 6.49. The normalized spacial score (nSPS) is 24.2. The largest absolute Gasteiger partial charge is 0.493 e. The summed E-state index contributed by atoms with van der Waals surface area (Å²) < 4.78 is 5.72. The third kappa shape index (κ3) is 2.58. The maximum Gasteiger partial charge on any atom is 0.145 e. The highest BCUT2D eigenvalue weighted by Crippen LogP contribution is 2.39. The molecule has 3 nitrogen and oxygen atoms in total. The zero-order valence-electron chi connectivity index (χ0n) is 12.7. The summed E-state index contributed by atoms with van der Waals surface area (Å²) in [7, 11) is 0. The fourth-order valence-corrected chi connectivity index (χ4v) is 3.85. The molecule has 1 N–H and O–H groups in total. The summed E-state index contributed by atoms with van der Waals surface area (Å²) >= 11 is 6.19. The van der Waals surface area contributed by atoms with Crippen LogP contribution in [0.5, 0.6) is 5.75 Å². The number of carbonyl (C=O) groups excluding carboxylic acids is 1. The van der Waals surface area contributed by atoms with Crippen molar-refractivity contribution in [3.05, 3.63) is 28.3 Å². The van der Waals surface area contributed by atoms with Crippen molar-refractivity contribution in [2.45, 2.75) is 33.1 Å². The van der Waals surface area contributed by atoms with Gasteiger partial charge in [-0.1, -0.05) is 25.4 Å². The highest BCUT2D eigenvalue weighted by atomic mass is 35.5. The lowest BCUT2D eigenvalue weighted by Crippen LogP contribution is -2.39. The number of rotatable bonds is 4. The molecule has 1 saturated heterocycles. The molecule has 1 fully saturated rings. The third-order valence-electron chi connectivity index (χ3n) is 5.03. The van der Waals surface area contributed by atoms with E-state index < -0.39 is 0 Å². The molecule has 0 aromatic heterocycles. The molecule has 2 aliphatic rings. The van der Waals surface area contributed by atoms with Crippen LogP contribution in [0.3, 0.4) is 0 Å². The van der Waals surface area contributed by atoms with Gasteiger partial charge in [-0.2, -0.15) is 0 Å². The Morgan fingerprint density at radius 2 is 2.29 bits per heavy atom. The Morgan fingerprint density at radius 1 is 1.48 bits per heavy atom. The lowest BCUT2D eigenvalue weighted by Gasteiger charge is -2.31. The van der Waals surface area contributed by atoms with Crippen molar-refractivity contribution < 1.29 is 9.53 Å². The predicted octanol–water partition coefficient (Wildman–Crippen LogP) is 3.02. The first-order valence-electron chi connectivity index (χ1n) is 7.71. The first-order chi connectivity index (χ1) is 10.0. The number of hydrogen-bond acceptors (Lipinski definition) is 3. The minimum Gasteiger partial charge on any atom is -0.493 e. The molecule has 4 heteroatoms. The molecule has 1 unspecified atom stereocenters. The summed E-state index contributed by atoms with van der Waals surface area (Å²) in [5.74, 6) is 1.54. The summed E-state index contributed by atoms with van der Waals surface area (Å²) in [4.78, 5) is 13.0. The van der Waals surface area contributed by atoms with E-state index in [1.54, 1.807) is 0 Å². The Labute approximate surface area is 131 Å². The van der Waals surface area contributed by atoms with Gasteiger partial charge in [-0.25, -0.2) is 0 Å². The molecule has 1 aromatic rings. The van der Waals surface area contributed by atoms with Gasteiger partial charge in [0.1, 0.15) is 11.5 Å². The molecular weight excluding hydrogens is 286 g/mol. The van der Waals surface area contributed by atoms with Crippen LogP contribution in [-0.4, -0.2) is 25.5 Å². The Balaban J connectivity index is 1.88. The van der Waals surface area contributed by atoms with Crippen molar-refractivity contribution in [1.82, 2.24) is 5.32 Å². The molecule has 0 aliphatic carbocycles. The van der Waals surface area contributed by atoms with Crippen LogP contribution in [0.25, 0.3) is 0 Å². The van der Waals surface area contributed by atoms with Gasteiger partial charge < -0.3 is 10.1 Å². The van der Waals surface area contributed by atoms with Crippen LogP contribution in [0.15, 0.2) is 12.1 Å². The standard InChI is InChI=1S/C17H22ClNO2/c1-11(2)17(4-5-19-10-17)15(20)9-13-8-14(18)7-12-3-6-21-16(12)13/h7-8,11,19H,3-6,9-10H2,1-2H3. The average Bonchev–Trinajstić information content (AvgIpc) is 3.07. The molecule has 21 heavy (non-hydrogen) atoms. The van der Waals surface area contributed by atoms with Crippen molar-refractivity contribution in [2.75, 3.05) is 19.7 Å². The molecule has 114 valence electrons. The molecule has 0 amide bonds. The molecule has 2 aliphatic heterocycles. The van der Waals surface area contributed by atoms with Crippen molar-refractivity contribution in [2.24, 2.45) is 11.3 Å². The number of benzene rings is 1. The van der Waals surface area contributed by atoms with E-state index in [0.717, 1.165) is 42.8 Å². The summed E-state index contributed by atoms with van der Waals surface area (Å²) in [6, 6.07) is 3.84. The minimum atomic E-state index is -0.242. The number of ether oxygens (including phenoxy) is 1. The quantitative estimate of drug-likeness (QED) is 0.929. The van der Waals surface area contributed by atoms with Gasteiger partial charge in [0.2, 0.25) is 0 Å². The lowest BCUT2D eigenvalue weighted by molar-refractivity contribution is -0.129. The molecule has 1 atom stereocenters. The van der Waals surface area contributed by atoms with Crippen LogP contribution in [0.2, 0.25) is 5.02 Å². The van der Waals surface area contributed by atoms with Gasteiger partial charge in [0.05, 0.1) is 6.61 Å². The van der Waals surface area contributed by atoms with Gasteiger partial charge in [0.25, 0.3) is 0 Å². The van der Waals surface area contributed by atoms with E-state index in [9.17, 15) is 4.79 Å². The van der Waals surface area contributed by atoms with Gasteiger partial charge in [-0.3, -0.25) is 4.79 Å². The van der Waals surface area contributed by atoms with Crippen LogP contribution < -0.4 is 10.1 Å². The summed E-state index contributed by atoms with van der Waals surface area (Å²) in [5, 5.41) is 4.05. The predicted molar refractivity (Wildman–Crippen MR) is 84.1 cm³/mol. The number of ketones is 1. The number of hydrogen-bond donors (Lipinski definition) is 1. The Morgan fingerprint density at radius 3 is 2.95 bits per heavy atom.